The summed E-state index contributed by atoms with van der Waals surface area (Å²) >= 11 is 0. The lowest BCUT2D eigenvalue weighted by atomic mass is 9.88. The highest BCUT2D eigenvalue weighted by atomic mass is 16.6. The van der Waals surface area contributed by atoms with Gasteiger partial charge in [-0.3, -0.25) is 34.8 Å². The highest BCUT2D eigenvalue weighted by molar-refractivity contribution is 5.96. The van der Waals surface area contributed by atoms with Crippen LogP contribution in [-0.2, 0) is 9.47 Å². The van der Waals surface area contributed by atoms with Crippen molar-refractivity contribution in [2.75, 3.05) is 80.8 Å². The van der Waals surface area contributed by atoms with E-state index in [9.17, 15) is 48.6 Å². The van der Waals surface area contributed by atoms with Crippen LogP contribution in [0.3, 0.4) is 0 Å². The Hall–Kier alpha value is -14.5. The quantitative estimate of drug-likeness (QED) is 0.0329. The molecule has 8 aromatic carbocycles. The number of aromatic carboxylic acids is 3. The average Bonchev–Trinajstić information content (AvgIpc) is 1.59. The van der Waals surface area contributed by atoms with Crippen LogP contribution in [0.2, 0.25) is 0 Å². The number of carbonyl (C=O) groups is 8. The number of carboxylic acid groups (broad SMARTS) is 3. The van der Waals surface area contributed by atoms with Crippen molar-refractivity contribution in [3.63, 3.8) is 0 Å². The summed E-state index contributed by atoms with van der Waals surface area (Å²) in [5.74, 6) is 1.52. The van der Waals surface area contributed by atoms with Gasteiger partial charge < -0.3 is 63.8 Å². The van der Waals surface area contributed by atoms with Crippen molar-refractivity contribution in [3.05, 3.63) is 286 Å². The number of nitrogens with one attached hydrogen (secondary N) is 5. The first-order chi connectivity index (χ1) is 65.8. The highest BCUT2D eigenvalue weighted by Gasteiger charge is 2.59. The zero-order valence-corrected chi connectivity index (χ0v) is 78.9. The van der Waals surface area contributed by atoms with Gasteiger partial charge in [-0.25, -0.2) is 24.0 Å². The topological polar surface area (TPSA) is 389 Å². The largest absolute Gasteiger partial charge is 0.496 e. The molecule has 8 aliphatic rings. The van der Waals surface area contributed by atoms with Gasteiger partial charge in [-0.2, -0.15) is 20.4 Å². The minimum atomic E-state index is -0.984. The summed E-state index contributed by atoms with van der Waals surface area (Å²) in [6.45, 7) is 18.1. The van der Waals surface area contributed by atoms with E-state index in [1.165, 1.54) is 53.8 Å². The second-order valence-electron chi connectivity index (χ2n) is 39.1. The molecule has 20 rings (SSSR count). The normalized spacial score (nSPS) is 18.6. The molecule has 4 unspecified atom stereocenters. The number of hydrogen-bond donors (Lipinski definition) is 8. The zero-order valence-electron chi connectivity index (χ0n) is 78.9. The number of H-pyrrole nitrogens is 4. The summed E-state index contributed by atoms with van der Waals surface area (Å²) in [4.78, 5) is 101. The number of ether oxygens (including phenoxy) is 6. The average molecular weight is 1860 g/mol. The van der Waals surface area contributed by atoms with Gasteiger partial charge >= 0.3 is 29.8 Å². The summed E-state index contributed by atoms with van der Waals surface area (Å²) in [6, 6.07) is 61.4. The molecule has 29 nitrogen and oxygen atoms in total. The van der Waals surface area contributed by atoms with Crippen LogP contribution in [0, 0.1) is 21.7 Å². The molecule has 4 aliphatic carbocycles. The van der Waals surface area contributed by atoms with Crippen LogP contribution in [0.4, 0.5) is 0 Å². The molecule has 12 aromatic rings. The van der Waals surface area contributed by atoms with Crippen LogP contribution < -0.4 is 24.3 Å². The third-order valence-electron chi connectivity index (χ3n) is 28.5. The van der Waals surface area contributed by atoms with E-state index < -0.39 is 29.1 Å². The number of benzene rings is 8. The fourth-order valence-electron chi connectivity index (χ4n) is 20.4. The van der Waals surface area contributed by atoms with Crippen LogP contribution in [0.25, 0.3) is 44.5 Å². The summed E-state index contributed by atoms with van der Waals surface area (Å²) < 4.78 is 33.1. The molecular weight excluding hydrogens is 1740 g/mol. The Kier molecular flexibility index (Phi) is 28.1. The monoisotopic (exact) mass is 1850 g/mol. The van der Waals surface area contributed by atoms with E-state index in [0.29, 0.717) is 80.0 Å². The maximum absolute atomic E-state index is 12.6. The Morgan fingerprint density at radius 3 is 0.774 bits per heavy atom. The first-order valence-corrected chi connectivity index (χ1v) is 46.7. The number of esters is 2. The molecule has 29 heteroatoms. The molecule has 8 fully saturated rings. The van der Waals surface area contributed by atoms with Gasteiger partial charge in [-0.1, -0.05) is 97.1 Å². The molecule has 0 bridgehead atoms. The lowest BCUT2D eigenvalue weighted by Gasteiger charge is -2.32. The van der Waals surface area contributed by atoms with Crippen LogP contribution >= 0.6 is 0 Å². The fourth-order valence-corrected chi connectivity index (χ4v) is 20.4. The standard InChI is InChI=1S/C29H33N3O4.2C25H25N3O4.C25H31NO3.C4H4N2O2/c1-28(2,3)36-27(34)21-9-10-25(35-4)22(17-21)19-5-7-20(8-6-19)23-18-29(23)12-15-32(16-13-29)26(33)24-11-14-30-31-24;2*1-32-22-7-6-18(24(30)31)14-19(22)16-2-4-17(5-3-16)20-15-25(20)9-12-28(13-10-25)23(29)21-8-11-26-27-21;1-24(2,3)29-23(27)19-9-10-22(28-4)20(15-19)17-5-7-18(8-6-17)21-16-25(21)11-13-26-14-12-25;7-4(8)3-1-2-5-6-3/h5-11,14,17,23H,12-13,15-16,18H2,1-4H3,(H,30,31);2*2-8,11,14,20H,9-10,12-13,15H2,1H3,(H,26,27)(H,30,31);5-10,15,21,26H,11-14,16H2,1-4H3;1-2H,(H,5,6)(H,7,8). The summed E-state index contributed by atoms with van der Waals surface area (Å²) in [5.41, 5.74) is 16.2. The summed E-state index contributed by atoms with van der Waals surface area (Å²) in [5, 5.41) is 56.0. The molecule has 8 N–H and O–H groups in total. The third-order valence-corrected chi connectivity index (χ3v) is 28.5. The first kappa shape index (κ1) is 95.7. The minimum absolute atomic E-state index is 0.0245. The molecule has 4 saturated heterocycles. The number of likely N-dealkylation sites (tertiary alicyclic amines) is 3. The van der Waals surface area contributed by atoms with Crippen LogP contribution in [0.1, 0.15) is 248 Å². The van der Waals surface area contributed by atoms with Crippen molar-refractivity contribution < 1.29 is 82.1 Å². The van der Waals surface area contributed by atoms with Gasteiger partial charge in [0.1, 0.15) is 57.0 Å². The van der Waals surface area contributed by atoms with Gasteiger partial charge in [0.05, 0.1) is 50.7 Å². The second kappa shape index (κ2) is 40.2. The molecule has 4 atom stereocenters. The number of aromatic amines is 4. The summed E-state index contributed by atoms with van der Waals surface area (Å²) in [7, 11) is 6.47. The van der Waals surface area contributed by atoms with Gasteiger partial charge in [0.2, 0.25) is 0 Å². The van der Waals surface area contributed by atoms with E-state index in [4.69, 9.17) is 33.5 Å². The SMILES string of the molecule is COc1ccc(C(=O)O)cc1-c1ccc(C2CC23CCN(C(=O)c2ccn[nH]2)CC3)cc1.COc1ccc(C(=O)O)cc1-c1ccc(C2CC23CCN(C(=O)c2ccn[nH]2)CC3)cc1.COc1ccc(C(=O)OC(C)(C)C)cc1-c1ccc(C2CC23CCN(C(=O)c2ccn[nH]2)CC3)cc1.COc1ccc(C(=O)OC(C)(C)C)cc1-c1ccc(C2CC23CCNCC3)cc1.O=C(O)c1ccn[nH]1. The van der Waals surface area contributed by atoms with Crippen LogP contribution in [0.5, 0.6) is 23.0 Å². The lowest BCUT2D eigenvalue weighted by molar-refractivity contribution is 0.00570. The minimum Gasteiger partial charge on any atom is -0.496 e. The van der Waals surface area contributed by atoms with Crippen molar-refractivity contribution in [1.29, 1.82) is 0 Å². The molecule has 0 radical (unpaired) electrons. The molecule has 3 amide bonds. The predicted octanol–water partition coefficient (Wildman–Crippen LogP) is 19.1. The molecule has 137 heavy (non-hydrogen) atoms. The van der Waals surface area contributed by atoms with Crippen molar-refractivity contribution in [1.82, 2.24) is 60.8 Å². The number of amides is 3. The third kappa shape index (κ3) is 21.9. The molecule has 712 valence electrons. The number of carboxylic acids is 3. The Morgan fingerprint density at radius 1 is 0.314 bits per heavy atom. The van der Waals surface area contributed by atoms with Crippen molar-refractivity contribution >= 4 is 47.6 Å². The Morgan fingerprint density at radius 2 is 0.555 bits per heavy atom. The summed E-state index contributed by atoms with van der Waals surface area (Å²) in [6.07, 6.45) is 19.6. The first-order valence-electron chi connectivity index (χ1n) is 46.7. The Bertz CT molecular complexity index is 6110. The molecule has 4 aliphatic heterocycles. The maximum atomic E-state index is 12.6. The predicted molar refractivity (Wildman–Crippen MR) is 516 cm³/mol. The van der Waals surface area contributed by atoms with Crippen LogP contribution in [0.15, 0.2) is 219 Å². The number of aromatic nitrogens is 8. The molecule has 4 saturated carbocycles. The highest BCUT2D eigenvalue weighted by Crippen LogP contribution is 2.68. The fraction of sp³-hybridized carbons (Fsp3) is 0.370. The van der Waals surface area contributed by atoms with Crippen molar-refractivity contribution in [2.24, 2.45) is 21.7 Å². The van der Waals surface area contributed by atoms with Gasteiger partial charge in [0.15, 0.2) is 0 Å². The number of methoxy groups -OCH3 is 4. The van der Waals surface area contributed by atoms with Gasteiger partial charge in [0.25, 0.3) is 17.7 Å². The number of piperidine rings is 4. The Balaban J connectivity index is 0.000000129. The maximum Gasteiger partial charge on any atom is 0.353 e. The zero-order chi connectivity index (χ0) is 96.7. The smallest absolute Gasteiger partial charge is 0.353 e. The number of carbonyl (C=O) groups excluding carboxylic acids is 5. The van der Waals surface area contributed by atoms with E-state index in [1.54, 1.807) is 114 Å². The van der Waals surface area contributed by atoms with Crippen LogP contribution in [-0.4, -0.2) is 210 Å². The van der Waals surface area contributed by atoms with Gasteiger partial charge in [-0.05, 0) is 319 Å². The molecule has 4 aromatic heterocycles. The van der Waals surface area contributed by atoms with E-state index in [-0.39, 0.29) is 57.3 Å². The molecule has 8 heterocycles. The molecular formula is C108H118N12O17. The number of hydrogen-bond acceptors (Lipinski definition) is 19. The Labute approximate surface area is 795 Å². The van der Waals surface area contributed by atoms with E-state index in [2.05, 4.69) is 119 Å². The van der Waals surface area contributed by atoms with Gasteiger partial charge in [-0.15, -0.1) is 0 Å². The number of rotatable bonds is 20. The van der Waals surface area contributed by atoms with E-state index in [0.717, 1.165) is 160 Å². The second-order valence-corrected chi connectivity index (χ2v) is 39.1. The van der Waals surface area contributed by atoms with E-state index >= 15 is 0 Å². The van der Waals surface area contributed by atoms with Gasteiger partial charge in [0, 0.05) is 86.3 Å². The number of nitrogens with zero attached hydrogens (tertiary/aromatic N) is 7. The lowest BCUT2D eigenvalue weighted by Crippen LogP contribution is -2.39. The van der Waals surface area contributed by atoms with E-state index in [1.807, 2.05) is 105 Å². The van der Waals surface area contributed by atoms with Crippen molar-refractivity contribution in [3.8, 4) is 67.5 Å². The molecule has 4 spiro atoms. The van der Waals surface area contributed by atoms with Crippen molar-refractivity contribution in [2.45, 2.75) is 153 Å².